The molecule has 2 nitrogen and oxygen atoms in total. The molecule has 86 valence electrons. The molecule has 0 aliphatic heterocycles. The van der Waals surface area contributed by atoms with Crippen LogP contribution in [0.1, 0.15) is 48.7 Å². The lowest BCUT2D eigenvalue weighted by Gasteiger charge is -1.98. The van der Waals surface area contributed by atoms with Crippen molar-refractivity contribution in [3.8, 4) is 0 Å². The highest BCUT2D eigenvalue weighted by Gasteiger charge is 2.09. The van der Waals surface area contributed by atoms with E-state index in [1.54, 1.807) is 0 Å². The van der Waals surface area contributed by atoms with Crippen LogP contribution >= 0.6 is 11.3 Å². The molecule has 3 heteroatoms. The molecule has 0 saturated heterocycles. The lowest BCUT2D eigenvalue weighted by molar-refractivity contribution is 0.773. The lowest BCUT2D eigenvalue weighted by Crippen LogP contribution is -2.05. The van der Waals surface area contributed by atoms with E-state index < -0.39 is 0 Å². The van der Waals surface area contributed by atoms with Crippen molar-refractivity contribution in [2.75, 3.05) is 7.05 Å². The first-order valence-corrected chi connectivity index (χ1v) is 6.75. The molecule has 1 aromatic heterocycles. The van der Waals surface area contributed by atoms with Crippen LogP contribution in [0.25, 0.3) is 0 Å². The van der Waals surface area contributed by atoms with E-state index in [2.05, 4.69) is 19.2 Å². The van der Waals surface area contributed by atoms with Gasteiger partial charge in [0, 0.05) is 11.4 Å². The molecular weight excluding hydrogens is 204 g/mol. The number of hydrogen-bond acceptors (Lipinski definition) is 3. The Kier molecular flexibility index (Phi) is 5.88. The smallest absolute Gasteiger partial charge is 0.0931 e. The first-order chi connectivity index (χ1) is 7.31. The quantitative estimate of drug-likeness (QED) is 0.772. The predicted octanol–water partition coefficient (Wildman–Crippen LogP) is 3.16. The summed E-state index contributed by atoms with van der Waals surface area (Å²) in [5.74, 6) is 0. The maximum Gasteiger partial charge on any atom is 0.0931 e. The highest BCUT2D eigenvalue weighted by molar-refractivity contribution is 7.11. The zero-order chi connectivity index (χ0) is 11.1. The van der Waals surface area contributed by atoms with Crippen molar-refractivity contribution in [3.05, 3.63) is 15.6 Å². The maximum atomic E-state index is 4.73. The predicted molar refractivity (Wildman–Crippen MR) is 67.5 cm³/mol. The van der Waals surface area contributed by atoms with Crippen molar-refractivity contribution >= 4 is 11.3 Å². The molecule has 0 saturated carbocycles. The van der Waals surface area contributed by atoms with E-state index in [9.17, 15) is 0 Å². The number of unbranched alkanes of at least 4 members (excludes halogenated alkanes) is 1. The zero-order valence-electron chi connectivity index (χ0n) is 10.1. The van der Waals surface area contributed by atoms with Gasteiger partial charge in [-0.3, -0.25) is 0 Å². The molecule has 1 N–H and O–H groups in total. The van der Waals surface area contributed by atoms with Gasteiger partial charge in [0.05, 0.1) is 10.7 Å². The minimum Gasteiger partial charge on any atom is -0.315 e. The number of hydrogen-bond donors (Lipinski definition) is 1. The Balaban J connectivity index is 2.68. The molecule has 1 aromatic rings. The van der Waals surface area contributed by atoms with E-state index in [4.69, 9.17) is 4.98 Å². The topological polar surface area (TPSA) is 24.9 Å². The third-order valence-corrected chi connectivity index (χ3v) is 3.55. The third kappa shape index (κ3) is 3.92. The zero-order valence-corrected chi connectivity index (χ0v) is 10.9. The fourth-order valence-corrected chi connectivity index (χ4v) is 2.77. The fourth-order valence-electron chi connectivity index (χ4n) is 1.60. The second-order valence-electron chi connectivity index (χ2n) is 3.86. The Labute approximate surface area is 97.1 Å². The number of rotatable bonds is 7. The van der Waals surface area contributed by atoms with Gasteiger partial charge in [-0.1, -0.05) is 26.7 Å². The minimum absolute atomic E-state index is 0.971. The summed E-state index contributed by atoms with van der Waals surface area (Å²) >= 11 is 1.89. The van der Waals surface area contributed by atoms with Crippen molar-refractivity contribution < 1.29 is 0 Å². The summed E-state index contributed by atoms with van der Waals surface area (Å²) in [7, 11) is 2.00. The molecule has 0 aromatic carbocycles. The molecule has 0 spiro atoms. The highest BCUT2D eigenvalue weighted by atomic mass is 32.1. The average molecular weight is 226 g/mol. The van der Waals surface area contributed by atoms with E-state index in [1.807, 2.05) is 18.4 Å². The van der Waals surface area contributed by atoms with Crippen molar-refractivity contribution in [1.82, 2.24) is 10.3 Å². The average Bonchev–Trinajstić information content (AvgIpc) is 2.59. The molecule has 0 atom stereocenters. The summed E-state index contributed by atoms with van der Waals surface area (Å²) < 4.78 is 0. The van der Waals surface area contributed by atoms with Crippen molar-refractivity contribution in [2.24, 2.45) is 0 Å². The molecule has 1 heterocycles. The summed E-state index contributed by atoms with van der Waals surface area (Å²) in [5.41, 5.74) is 1.32. The van der Waals surface area contributed by atoms with Gasteiger partial charge in [-0.05, 0) is 26.3 Å². The maximum absolute atomic E-state index is 4.73. The number of nitrogens with one attached hydrogen (secondary N) is 1. The summed E-state index contributed by atoms with van der Waals surface area (Å²) in [5, 5.41) is 4.55. The van der Waals surface area contributed by atoms with Gasteiger partial charge in [0.15, 0.2) is 0 Å². The Morgan fingerprint density at radius 3 is 2.60 bits per heavy atom. The molecule has 0 radical (unpaired) electrons. The third-order valence-electron chi connectivity index (χ3n) is 2.39. The molecule has 0 fully saturated rings. The first kappa shape index (κ1) is 12.7. The summed E-state index contributed by atoms with van der Waals surface area (Å²) in [6.07, 6.45) is 5.98. The number of aryl methyl sites for hydroxylation is 2. The largest absolute Gasteiger partial charge is 0.315 e. The van der Waals surface area contributed by atoms with Gasteiger partial charge in [-0.25, -0.2) is 4.98 Å². The van der Waals surface area contributed by atoms with Gasteiger partial charge in [0.1, 0.15) is 0 Å². The molecule has 1 rings (SSSR count). The first-order valence-electron chi connectivity index (χ1n) is 5.93. The summed E-state index contributed by atoms with van der Waals surface area (Å²) in [6.45, 7) is 5.42. The van der Waals surface area contributed by atoms with Gasteiger partial charge in [-0.15, -0.1) is 11.3 Å². The Morgan fingerprint density at radius 2 is 2.00 bits per heavy atom. The van der Waals surface area contributed by atoms with E-state index in [0.717, 1.165) is 19.4 Å². The van der Waals surface area contributed by atoms with Crippen LogP contribution in [0.3, 0.4) is 0 Å². The molecule has 0 amide bonds. The Hall–Kier alpha value is -0.410. The van der Waals surface area contributed by atoms with Gasteiger partial charge < -0.3 is 5.32 Å². The Morgan fingerprint density at radius 1 is 1.20 bits per heavy atom. The van der Waals surface area contributed by atoms with Crippen molar-refractivity contribution in [2.45, 2.75) is 52.5 Å². The molecule has 0 aliphatic carbocycles. The van der Waals surface area contributed by atoms with Crippen LogP contribution in [0.4, 0.5) is 0 Å². The second-order valence-corrected chi connectivity index (χ2v) is 5.03. The Bertz CT molecular complexity index is 258. The van der Waals surface area contributed by atoms with Crippen LogP contribution in [0.2, 0.25) is 0 Å². The van der Waals surface area contributed by atoms with Crippen molar-refractivity contribution in [3.63, 3.8) is 0 Å². The standard InChI is InChI=1S/C12H22N2S/c1-4-6-8-12-14-10(7-5-2)11(15-12)9-13-3/h13H,4-9H2,1-3H3. The molecular formula is C12H22N2S. The fraction of sp³-hybridized carbons (Fsp3) is 0.750. The van der Waals surface area contributed by atoms with Gasteiger partial charge in [0.2, 0.25) is 0 Å². The molecule has 0 unspecified atom stereocenters. The van der Waals surface area contributed by atoms with E-state index >= 15 is 0 Å². The number of aromatic nitrogens is 1. The van der Waals surface area contributed by atoms with Crippen LogP contribution in [0.15, 0.2) is 0 Å². The van der Waals surface area contributed by atoms with Gasteiger partial charge >= 0.3 is 0 Å². The van der Waals surface area contributed by atoms with Crippen molar-refractivity contribution in [1.29, 1.82) is 0 Å². The van der Waals surface area contributed by atoms with E-state index in [0.29, 0.717) is 0 Å². The van der Waals surface area contributed by atoms with Crippen LogP contribution < -0.4 is 5.32 Å². The van der Waals surface area contributed by atoms with Crippen LogP contribution in [0, 0.1) is 0 Å². The van der Waals surface area contributed by atoms with E-state index in [-0.39, 0.29) is 0 Å². The van der Waals surface area contributed by atoms with Crippen LogP contribution in [-0.4, -0.2) is 12.0 Å². The number of thiazole rings is 1. The SMILES string of the molecule is CCCCc1nc(CCC)c(CNC)s1. The van der Waals surface area contributed by atoms with E-state index in [1.165, 1.54) is 34.8 Å². The highest BCUT2D eigenvalue weighted by Crippen LogP contribution is 2.21. The monoisotopic (exact) mass is 226 g/mol. The molecule has 0 bridgehead atoms. The normalized spacial score (nSPS) is 10.9. The van der Waals surface area contributed by atoms with Crippen LogP contribution in [0.5, 0.6) is 0 Å². The molecule has 0 aliphatic rings. The summed E-state index contributed by atoms with van der Waals surface area (Å²) in [4.78, 5) is 6.17. The van der Waals surface area contributed by atoms with Gasteiger partial charge in [-0.2, -0.15) is 0 Å². The second kappa shape index (κ2) is 6.96. The summed E-state index contributed by atoms with van der Waals surface area (Å²) in [6, 6.07) is 0. The van der Waals surface area contributed by atoms with Gasteiger partial charge in [0.25, 0.3) is 0 Å². The lowest BCUT2D eigenvalue weighted by atomic mass is 10.2. The van der Waals surface area contributed by atoms with Crippen LogP contribution in [-0.2, 0) is 19.4 Å². The molecule has 15 heavy (non-hydrogen) atoms. The minimum atomic E-state index is 0.971. The number of nitrogens with zero attached hydrogens (tertiary/aromatic N) is 1.